The van der Waals surface area contributed by atoms with E-state index in [1.54, 1.807) is 30.2 Å². The molecule has 1 aliphatic rings. The molecule has 0 saturated carbocycles. The van der Waals surface area contributed by atoms with Crippen molar-refractivity contribution in [3.63, 3.8) is 0 Å². The molecule has 0 aliphatic carbocycles. The van der Waals surface area contributed by atoms with E-state index in [9.17, 15) is 14.4 Å². The Labute approximate surface area is 152 Å². The number of rotatable bonds is 6. The predicted octanol–water partition coefficient (Wildman–Crippen LogP) is 1.66. The summed E-state index contributed by atoms with van der Waals surface area (Å²) in [5.74, 6) is -0.586. The Morgan fingerprint density at radius 1 is 1.19 bits per heavy atom. The predicted molar refractivity (Wildman–Crippen MR) is 94.3 cm³/mol. The van der Waals surface area contributed by atoms with Gasteiger partial charge >= 0.3 is 11.9 Å². The second-order valence-corrected chi connectivity index (χ2v) is 5.90. The maximum atomic E-state index is 12.1. The van der Waals surface area contributed by atoms with Gasteiger partial charge in [-0.3, -0.25) is 9.59 Å². The van der Waals surface area contributed by atoms with Crippen LogP contribution in [0.15, 0.2) is 30.3 Å². The molecule has 1 fully saturated rings. The quantitative estimate of drug-likeness (QED) is 0.566. The van der Waals surface area contributed by atoms with E-state index in [0.29, 0.717) is 31.7 Å². The molecule has 1 aromatic rings. The number of piperidine rings is 1. The van der Waals surface area contributed by atoms with Crippen LogP contribution in [0, 0.1) is 5.92 Å². The number of carbonyl (C=O) groups is 3. The summed E-state index contributed by atoms with van der Waals surface area (Å²) in [7, 11) is 2.93. The highest BCUT2D eigenvalue weighted by Crippen LogP contribution is 2.18. The monoisotopic (exact) mass is 361 g/mol. The molecular weight excluding hydrogens is 338 g/mol. The zero-order valence-electron chi connectivity index (χ0n) is 15.0. The first-order valence-corrected chi connectivity index (χ1v) is 8.38. The third kappa shape index (κ3) is 5.61. The van der Waals surface area contributed by atoms with Gasteiger partial charge in [0.05, 0.1) is 20.1 Å². The van der Waals surface area contributed by atoms with Crippen LogP contribution in [0.25, 0.3) is 6.08 Å². The number of likely N-dealkylation sites (tertiary alicyclic amines) is 1. The van der Waals surface area contributed by atoms with Crippen LogP contribution in [-0.4, -0.2) is 56.7 Å². The molecule has 0 aromatic heterocycles. The van der Waals surface area contributed by atoms with Gasteiger partial charge in [0.25, 0.3) is 5.91 Å². The summed E-state index contributed by atoms with van der Waals surface area (Å²) >= 11 is 0. The van der Waals surface area contributed by atoms with Crippen LogP contribution in [0.2, 0.25) is 0 Å². The van der Waals surface area contributed by atoms with Gasteiger partial charge in [0.15, 0.2) is 6.61 Å². The molecule has 7 heteroatoms. The summed E-state index contributed by atoms with van der Waals surface area (Å²) in [6.45, 7) is 0.593. The standard InChI is InChI=1S/C19H23NO6/c1-24-16-5-3-4-14(12-16)6-7-18(22)26-13-17(21)20-10-8-15(9-11-20)19(23)25-2/h3-7,12,15H,8-11,13H2,1-2H3/b7-6+. The van der Waals surface area contributed by atoms with Gasteiger partial charge in [0.1, 0.15) is 5.75 Å². The number of hydrogen-bond acceptors (Lipinski definition) is 6. The van der Waals surface area contributed by atoms with Gasteiger partial charge in [-0.15, -0.1) is 0 Å². The molecule has 1 aromatic carbocycles. The van der Waals surface area contributed by atoms with Crippen molar-refractivity contribution in [3.8, 4) is 5.75 Å². The second-order valence-electron chi connectivity index (χ2n) is 5.90. The Morgan fingerprint density at radius 2 is 1.92 bits per heavy atom. The third-order valence-corrected chi connectivity index (χ3v) is 4.23. The van der Waals surface area contributed by atoms with Gasteiger partial charge in [-0.1, -0.05) is 12.1 Å². The first-order valence-electron chi connectivity index (χ1n) is 8.38. The lowest BCUT2D eigenvalue weighted by Crippen LogP contribution is -2.42. The van der Waals surface area contributed by atoms with E-state index in [0.717, 1.165) is 5.56 Å². The number of esters is 2. The minimum Gasteiger partial charge on any atom is -0.497 e. The molecule has 0 bridgehead atoms. The minimum absolute atomic E-state index is 0.169. The van der Waals surface area contributed by atoms with E-state index in [1.807, 2.05) is 12.1 Å². The molecule has 0 radical (unpaired) electrons. The van der Waals surface area contributed by atoms with Gasteiger partial charge in [0.2, 0.25) is 0 Å². The summed E-state index contributed by atoms with van der Waals surface area (Å²) in [5, 5.41) is 0. The maximum Gasteiger partial charge on any atom is 0.331 e. The molecule has 7 nitrogen and oxygen atoms in total. The van der Waals surface area contributed by atoms with E-state index in [2.05, 4.69) is 0 Å². The van der Waals surface area contributed by atoms with Crippen LogP contribution < -0.4 is 4.74 Å². The average Bonchev–Trinajstić information content (AvgIpc) is 2.70. The van der Waals surface area contributed by atoms with Gasteiger partial charge < -0.3 is 19.1 Å². The van der Waals surface area contributed by atoms with Crippen LogP contribution in [0.3, 0.4) is 0 Å². The van der Waals surface area contributed by atoms with Gasteiger partial charge in [-0.25, -0.2) is 4.79 Å². The Balaban J connectivity index is 1.76. The molecule has 0 N–H and O–H groups in total. The zero-order chi connectivity index (χ0) is 18.9. The number of ether oxygens (including phenoxy) is 3. The highest BCUT2D eigenvalue weighted by molar-refractivity contribution is 5.89. The van der Waals surface area contributed by atoms with E-state index in [-0.39, 0.29) is 24.4 Å². The molecule has 1 aliphatic heterocycles. The molecule has 1 amide bonds. The average molecular weight is 361 g/mol. The lowest BCUT2D eigenvalue weighted by molar-refractivity contribution is -0.151. The van der Waals surface area contributed by atoms with Crippen molar-refractivity contribution in [2.75, 3.05) is 33.9 Å². The van der Waals surface area contributed by atoms with Crippen LogP contribution in [0.1, 0.15) is 18.4 Å². The molecule has 0 spiro atoms. The van der Waals surface area contributed by atoms with Crippen molar-refractivity contribution in [3.05, 3.63) is 35.9 Å². The molecule has 140 valence electrons. The Bertz CT molecular complexity index is 676. The number of hydrogen-bond donors (Lipinski definition) is 0. The van der Waals surface area contributed by atoms with Crippen molar-refractivity contribution < 1.29 is 28.6 Å². The summed E-state index contributed by atoms with van der Waals surface area (Å²) in [6.07, 6.45) is 3.98. The van der Waals surface area contributed by atoms with E-state index >= 15 is 0 Å². The summed E-state index contributed by atoms with van der Waals surface area (Å²) in [5.41, 5.74) is 0.789. The lowest BCUT2D eigenvalue weighted by atomic mass is 9.97. The molecular formula is C19H23NO6. The zero-order valence-corrected chi connectivity index (χ0v) is 15.0. The fraction of sp³-hybridized carbons (Fsp3) is 0.421. The number of amides is 1. The Hall–Kier alpha value is -2.83. The molecule has 2 rings (SSSR count). The number of benzene rings is 1. The highest BCUT2D eigenvalue weighted by Gasteiger charge is 2.28. The molecule has 0 atom stereocenters. The van der Waals surface area contributed by atoms with Crippen LogP contribution in [0.4, 0.5) is 0 Å². The first kappa shape index (κ1) is 19.5. The summed E-state index contributed by atoms with van der Waals surface area (Å²) in [4.78, 5) is 36.9. The normalized spacial score (nSPS) is 14.9. The third-order valence-electron chi connectivity index (χ3n) is 4.23. The fourth-order valence-corrected chi connectivity index (χ4v) is 2.71. The SMILES string of the molecule is COC(=O)C1CCN(C(=O)COC(=O)/C=C/c2cccc(OC)c2)CC1. The number of methoxy groups -OCH3 is 2. The fourth-order valence-electron chi connectivity index (χ4n) is 2.71. The van der Waals surface area contributed by atoms with E-state index < -0.39 is 5.97 Å². The molecule has 1 heterocycles. The summed E-state index contributed by atoms with van der Waals surface area (Å²) in [6, 6.07) is 7.21. The smallest absolute Gasteiger partial charge is 0.331 e. The minimum atomic E-state index is -0.592. The molecule has 0 unspecified atom stereocenters. The van der Waals surface area contributed by atoms with Gasteiger partial charge in [-0.2, -0.15) is 0 Å². The number of nitrogens with zero attached hydrogens (tertiary/aromatic N) is 1. The van der Waals surface area contributed by atoms with Crippen LogP contribution in [0.5, 0.6) is 5.75 Å². The van der Waals surface area contributed by atoms with E-state index in [1.165, 1.54) is 13.2 Å². The Morgan fingerprint density at radius 3 is 2.58 bits per heavy atom. The second kappa shape index (κ2) is 9.60. The van der Waals surface area contributed by atoms with Crippen molar-refractivity contribution >= 4 is 23.9 Å². The van der Waals surface area contributed by atoms with Crippen molar-refractivity contribution in [2.45, 2.75) is 12.8 Å². The van der Waals surface area contributed by atoms with Crippen molar-refractivity contribution in [1.82, 2.24) is 4.90 Å². The van der Waals surface area contributed by atoms with Gasteiger partial charge in [-0.05, 0) is 36.6 Å². The topological polar surface area (TPSA) is 82.1 Å². The van der Waals surface area contributed by atoms with E-state index in [4.69, 9.17) is 14.2 Å². The first-order chi connectivity index (χ1) is 12.5. The van der Waals surface area contributed by atoms with Crippen molar-refractivity contribution in [1.29, 1.82) is 0 Å². The largest absolute Gasteiger partial charge is 0.497 e. The number of carbonyl (C=O) groups excluding carboxylic acids is 3. The lowest BCUT2D eigenvalue weighted by Gasteiger charge is -2.30. The molecule has 26 heavy (non-hydrogen) atoms. The van der Waals surface area contributed by atoms with Crippen LogP contribution in [-0.2, 0) is 23.9 Å². The van der Waals surface area contributed by atoms with Crippen LogP contribution >= 0.6 is 0 Å². The van der Waals surface area contributed by atoms with Gasteiger partial charge in [0, 0.05) is 19.2 Å². The summed E-state index contributed by atoms with van der Waals surface area (Å²) < 4.78 is 14.8. The Kier molecular flexibility index (Phi) is 7.20. The maximum absolute atomic E-state index is 12.1. The van der Waals surface area contributed by atoms with Crippen molar-refractivity contribution in [2.24, 2.45) is 5.92 Å². The molecule has 1 saturated heterocycles. The highest BCUT2D eigenvalue weighted by atomic mass is 16.5.